The second-order valence-electron chi connectivity index (χ2n) is 2.74. The van der Waals surface area contributed by atoms with Crippen molar-refractivity contribution in [3.05, 3.63) is 29.1 Å². The molecule has 1 N–H and O–H groups in total. The average molecular weight is 165 g/mol. The number of hydrogen-bond acceptors (Lipinski definition) is 3. The van der Waals surface area contributed by atoms with Crippen LogP contribution in [-0.4, -0.2) is 15.9 Å². The number of pyridine rings is 1. The number of carbonyl (C=O) groups is 1. The Hall–Kier alpha value is -1.22. The molecular formula is C9H11NO2. The summed E-state index contributed by atoms with van der Waals surface area (Å²) in [4.78, 5) is 14.9. The van der Waals surface area contributed by atoms with Gasteiger partial charge in [-0.2, -0.15) is 0 Å². The van der Waals surface area contributed by atoms with Gasteiger partial charge in [0.1, 0.15) is 5.69 Å². The van der Waals surface area contributed by atoms with E-state index in [0.29, 0.717) is 11.4 Å². The third-order valence-corrected chi connectivity index (χ3v) is 1.55. The summed E-state index contributed by atoms with van der Waals surface area (Å²) in [6.07, 6.45) is 0. The molecule has 0 amide bonds. The summed E-state index contributed by atoms with van der Waals surface area (Å²) in [6.45, 7) is 3.21. The van der Waals surface area contributed by atoms with Crippen molar-refractivity contribution in [3.63, 3.8) is 0 Å². The van der Waals surface area contributed by atoms with E-state index in [0.717, 1.165) is 5.56 Å². The Kier molecular flexibility index (Phi) is 2.55. The fraction of sp³-hybridized carbons (Fsp3) is 0.333. The standard InChI is InChI=1S/C9H11NO2/c1-6-3-8(5-11)10-9(4-6)7(2)12/h3-4,11H,5H2,1-2H3. The zero-order valence-electron chi connectivity index (χ0n) is 7.16. The van der Waals surface area contributed by atoms with Crippen LogP contribution in [0.5, 0.6) is 0 Å². The predicted molar refractivity (Wildman–Crippen MR) is 44.9 cm³/mol. The normalized spacial score (nSPS) is 9.92. The fourth-order valence-electron chi connectivity index (χ4n) is 1.00. The van der Waals surface area contributed by atoms with Crippen LogP contribution in [0.1, 0.15) is 28.7 Å². The number of aryl methyl sites for hydroxylation is 1. The number of nitrogens with zero attached hydrogens (tertiary/aromatic N) is 1. The SMILES string of the molecule is CC(=O)c1cc(C)cc(CO)n1. The van der Waals surface area contributed by atoms with E-state index in [1.165, 1.54) is 6.92 Å². The van der Waals surface area contributed by atoms with Crippen LogP contribution >= 0.6 is 0 Å². The van der Waals surface area contributed by atoms with E-state index in [-0.39, 0.29) is 12.4 Å². The molecule has 0 saturated heterocycles. The first-order chi connectivity index (χ1) is 5.63. The van der Waals surface area contributed by atoms with Crippen LogP contribution in [-0.2, 0) is 6.61 Å². The van der Waals surface area contributed by atoms with E-state index in [2.05, 4.69) is 4.98 Å². The maximum Gasteiger partial charge on any atom is 0.178 e. The van der Waals surface area contributed by atoms with Crippen LogP contribution in [0.4, 0.5) is 0 Å². The van der Waals surface area contributed by atoms with Gasteiger partial charge in [-0.3, -0.25) is 4.79 Å². The molecule has 1 aromatic rings. The van der Waals surface area contributed by atoms with Gasteiger partial charge in [0.15, 0.2) is 5.78 Å². The van der Waals surface area contributed by atoms with Gasteiger partial charge in [-0.05, 0) is 24.6 Å². The highest BCUT2D eigenvalue weighted by Crippen LogP contribution is 2.05. The van der Waals surface area contributed by atoms with Gasteiger partial charge in [0, 0.05) is 6.92 Å². The number of Topliss-reactive ketones (excluding diaryl/α,β-unsaturated/α-hetero) is 1. The van der Waals surface area contributed by atoms with Gasteiger partial charge in [-0.1, -0.05) is 0 Å². The first-order valence-corrected chi connectivity index (χ1v) is 3.73. The minimum absolute atomic E-state index is 0.0756. The predicted octanol–water partition coefficient (Wildman–Crippen LogP) is 1.08. The molecule has 3 nitrogen and oxygen atoms in total. The molecule has 64 valence electrons. The Balaban J connectivity index is 3.15. The Morgan fingerprint density at radius 1 is 1.58 bits per heavy atom. The molecule has 0 aliphatic rings. The molecule has 0 aliphatic carbocycles. The molecule has 0 aliphatic heterocycles. The first-order valence-electron chi connectivity index (χ1n) is 3.73. The lowest BCUT2D eigenvalue weighted by Crippen LogP contribution is -2.01. The highest BCUT2D eigenvalue weighted by Gasteiger charge is 2.03. The molecule has 1 aromatic heterocycles. The van der Waals surface area contributed by atoms with Gasteiger partial charge in [-0.15, -0.1) is 0 Å². The van der Waals surface area contributed by atoms with Gasteiger partial charge in [-0.25, -0.2) is 4.98 Å². The van der Waals surface area contributed by atoms with Crippen LogP contribution in [0.2, 0.25) is 0 Å². The number of aliphatic hydroxyl groups excluding tert-OH is 1. The summed E-state index contributed by atoms with van der Waals surface area (Å²) in [5, 5.41) is 8.79. The lowest BCUT2D eigenvalue weighted by molar-refractivity contribution is 0.101. The van der Waals surface area contributed by atoms with Crippen molar-refractivity contribution in [1.29, 1.82) is 0 Å². The molecule has 3 heteroatoms. The molecule has 1 heterocycles. The smallest absolute Gasteiger partial charge is 0.178 e. The monoisotopic (exact) mass is 165 g/mol. The first kappa shape index (κ1) is 8.87. The number of aliphatic hydroxyl groups is 1. The Bertz CT molecular complexity index is 307. The van der Waals surface area contributed by atoms with Crippen molar-refractivity contribution in [2.24, 2.45) is 0 Å². The van der Waals surface area contributed by atoms with E-state index in [1.54, 1.807) is 12.1 Å². The van der Waals surface area contributed by atoms with Gasteiger partial charge in [0.25, 0.3) is 0 Å². The zero-order chi connectivity index (χ0) is 9.14. The summed E-state index contributed by atoms with van der Waals surface area (Å²) in [5.74, 6) is -0.0756. The maximum absolute atomic E-state index is 10.9. The Labute approximate surface area is 71.1 Å². The van der Waals surface area contributed by atoms with Crippen molar-refractivity contribution >= 4 is 5.78 Å². The Morgan fingerprint density at radius 2 is 2.25 bits per heavy atom. The van der Waals surface area contributed by atoms with Crippen LogP contribution in [0.15, 0.2) is 12.1 Å². The summed E-state index contributed by atoms with van der Waals surface area (Å²) in [5.41, 5.74) is 1.90. The molecule has 0 spiro atoms. The molecule has 0 atom stereocenters. The minimum atomic E-state index is -0.123. The molecule has 0 bridgehead atoms. The quantitative estimate of drug-likeness (QED) is 0.667. The average Bonchev–Trinajstić information content (AvgIpc) is 2.03. The van der Waals surface area contributed by atoms with E-state index in [4.69, 9.17) is 5.11 Å². The highest BCUT2D eigenvalue weighted by molar-refractivity contribution is 5.92. The molecule has 12 heavy (non-hydrogen) atoms. The van der Waals surface area contributed by atoms with Crippen LogP contribution in [0.3, 0.4) is 0 Å². The second kappa shape index (κ2) is 3.45. The molecule has 0 fully saturated rings. The number of ketones is 1. The van der Waals surface area contributed by atoms with Crippen molar-refractivity contribution in [2.45, 2.75) is 20.5 Å². The number of carbonyl (C=O) groups excluding carboxylic acids is 1. The van der Waals surface area contributed by atoms with Crippen LogP contribution in [0, 0.1) is 6.92 Å². The van der Waals surface area contributed by atoms with Crippen molar-refractivity contribution in [3.8, 4) is 0 Å². The van der Waals surface area contributed by atoms with Crippen LogP contribution in [0.25, 0.3) is 0 Å². The molecule has 0 radical (unpaired) electrons. The van der Waals surface area contributed by atoms with Crippen molar-refractivity contribution in [1.82, 2.24) is 4.98 Å². The zero-order valence-corrected chi connectivity index (χ0v) is 7.16. The topological polar surface area (TPSA) is 50.2 Å². The second-order valence-corrected chi connectivity index (χ2v) is 2.74. The minimum Gasteiger partial charge on any atom is -0.390 e. The molecule has 0 saturated carbocycles. The number of aromatic nitrogens is 1. The van der Waals surface area contributed by atoms with E-state index >= 15 is 0 Å². The summed E-state index contributed by atoms with van der Waals surface area (Å²) in [6, 6.07) is 3.47. The van der Waals surface area contributed by atoms with E-state index in [1.807, 2.05) is 6.92 Å². The van der Waals surface area contributed by atoms with Crippen molar-refractivity contribution in [2.75, 3.05) is 0 Å². The lowest BCUT2D eigenvalue weighted by atomic mass is 10.2. The van der Waals surface area contributed by atoms with Gasteiger partial charge >= 0.3 is 0 Å². The fourth-order valence-corrected chi connectivity index (χ4v) is 1.00. The van der Waals surface area contributed by atoms with Gasteiger partial charge in [0.05, 0.1) is 12.3 Å². The summed E-state index contributed by atoms with van der Waals surface area (Å²) < 4.78 is 0. The van der Waals surface area contributed by atoms with Crippen molar-refractivity contribution < 1.29 is 9.90 Å². The Morgan fingerprint density at radius 3 is 2.75 bits per heavy atom. The number of hydrogen-bond donors (Lipinski definition) is 1. The van der Waals surface area contributed by atoms with Crippen LogP contribution < -0.4 is 0 Å². The summed E-state index contributed by atoms with van der Waals surface area (Å²) >= 11 is 0. The largest absolute Gasteiger partial charge is 0.390 e. The third-order valence-electron chi connectivity index (χ3n) is 1.55. The van der Waals surface area contributed by atoms with Gasteiger partial charge < -0.3 is 5.11 Å². The highest BCUT2D eigenvalue weighted by atomic mass is 16.3. The maximum atomic E-state index is 10.9. The van der Waals surface area contributed by atoms with E-state index in [9.17, 15) is 4.79 Å². The third kappa shape index (κ3) is 1.89. The lowest BCUT2D eigenvalue weighted by Gasteiger charge is -2.00. The number of rotatable bonds is 2. The van der Waals surface area contributed by atoms with E-state index < -0.39 is 0 Å². The molecule has 0 aromatic carbocycles. The molecular weight excluding hydrogens is 154 g/mol. The molecule has 1 rings (SSSR count). The van der Waals surface area contributed by atoms with Gasteiger partial charge in [0.2, 0.25) is 0 Å². The molecule has 0 unspecified atom stereocenters. The summed E-state index contributed by atoms with van der Waals surface area (Å²) in [7, 11) is 0.